The molecule has 1 aromatic rings. The quantitative estimate of drug-likeness (QED) is 0.0916. The molecule has 0 aliphatic heterocycles. The highest BCUT2D eigenvalue weighted by molar-refractivity contribution is 5.90. The van der Waals surface area contributed by atoms with E-state index in [2.05, 4.69) is 24.5 Å². The van der Waals surface area contributed by atoms with Crippen LogP contribution in [0.3, 0.4) is 0 Å². The molecule has 0 unspecified atom stereocenters. The monoisotopic (exact) mass is 660 g/mol. The Morgan fingerprint density at radius 1 is 0.723 bits per heavy atom. The van der Waals surface area contributed by atoms with Crippen molar-refractivity contribution in [2.45, 2.75) is 175 Å². The number of hydrogen-bond donors (Lipinski definition) is 2. The van der Waals surface area contributed by atoms with Gasteiger partial charge in [0.1, 0.15) is 11.4 Å². The van der Waals surface area contributed by atoms with Gasteiger partial charge in [0, 0.05) is 44.2 Å². The van der Waals surface area contributed by atoms with Crippen molar-refractivity contribution in [1.29, 1.82) is 0 Å². The van der Waals surface area contributed by atoms with Crippen LogP contribution in [0.2, 0.25) is 0 Å². The maximum absolute atomic E-state index is 13.0. The number of ether oxygens (including phenoxy) is 2. The maximum Gasteiger partial charge on any atom is 0.407 e. The summed E-state index contributed by atoms with van der Waals surface area (Å²) in [4.78, 5) is 39.1. The van der Waals surface area contributed by atoms with Crippen LogP contribution in [0.25, 0.3) is 0 Å². The summed E-state index contributed by atoms with van der Waals surface area (Å²) in [6.45, 7) is 11.5. The molecule has 270 valence electrons. The Balaban J connectivity index is 2.60. The number of nitrogens with zero attached hydrogens (tertiary/aromatic N) is 1. The number of carbonyl (C=O) groups excluding carboxylic acids is 3. The summed E-state index contributed by atoms with van der Waals surface area (Å²) in [5.74, 6) is 0.857. The van der Waals surface area contributed by atoms with Crippen LogP contribution >= 0.6 is 0 Å². The first-order valence-electron chi connectivity index (χ1n) is 18.8. The number of benzene rings is 1. The predicted octanol–water partition coefficient (Wildman–Crippen LogP) is 10.3. The first-order valence-corrected chi connectivity index (χ1v) is 18.8. The summed E-state index contributed by atoms with van der Waals surface area (Å²) in [6, 6.07) is 5.78. The lowest BCUT2D eigenvalue weighted by atomic mass is 10.1. The SMILES string of the molecule is CCCCCCCCCCCCOc1ccc(NC(=O)CCCCCCC)cc1CN(C)C(=O)CCCCCNC(=O)OC(C)(C)C. The second-order valence-corrected chi connectivity index (χ2v) is 14.1. The van der Waals surface area contributed by atoms with Crippen LogP contribution in [0.4, 0.5) is 10.5 Å². The molecule has 0 aromatic heterocycles. The van der Waals surface area contributed by atoms with Crippen molar-refractivity contribution in [2.75, 3.05) is 25.5 Å². The Kier molecular flexibility index (Phi) is 23.6. The van der Waals surface area contributed by atoms with Gasteiger partial charge in [0.2, 0.25) is 11.8 Å². The van der Waals surface area contributed by atoms with Crippen LogP contribution in [-0.4, -0.2) is 48.6 Å². The fourth-order valence-electron chi connectivity index (χ4n) is 5.42. The van der Waals surface area contributed by atoms with Gasteiger partial charge in [0.15, 0.2) is 0 Å². The van der Waals surface area contributed by atoms with Crippen LogP contribution in [0, 0.1) is 0 Å². The molecule has 0 aliphatic carbocycles. The molecule has 47 heavy (non-hydrogen) atoms. The van der Waals surface area contributed by atoms with E-state index in [0.717, 1.165) is 61.9 Å². The van der Waals surface area contributed by atoms with E-state index in [1.165, 1.54) is 70.6 Å². The van der Waals surface area contributed by atoms with Crippen molar-refractivity contribution < 1.29 is 23.9 Å². The summed E-state index contributed by atoms with van der Waals surface area (Å²) in [6.07, 6.45) is 21.2. The summed E-state index contributed by atoms with van der Waals surface area (Å²) >= 11 is 0. The number of unbranched alkanes of at least 4 members (excludes halogenated alkanes) is 15. The van der Waals surface area contributed by atoms with Crippen LogP contribution in [0.15, 0.2) is 18.2 Å². The van der Waals surface area contributed by atoms with E-state index < -0.39 is 11.7 Å². The average Bonchev–Trinajstić information content (AvgIpc) is 3.01. The average molecular weight is 660 g/mol. The van der Waals surface area contributed by atoms with Crippen LogP contribution in [0.5, 0.6) is 5.75 Å². The van der Waals surface area contributed by atoms with Crippen molar-refractivity contribution in [3.05, 3.63) is 23.8 Å². The molecule has 0 radical (unpaired) electrons. The van der Waals surface area contributed by atoms with Crippen LogP contribution in [0.1, 0.15) is 169 Å². The third-order valence-electron chi connectivity index (χ3n) is 8.18. The van der Waals surface area contributed by atoms with Gasteiger partial charge in [-0.15, -0.1) is 0 Å². The highest BCUT2D eigenvalue weighted by atomic mass is 16.6. The summed E-state index contributed by atoms with van der Waals surface area (Å²) < 4.78 is 11.5. The Bertz CT molecular complexity index is 991. The van der Waals surface area contributed by atoms with Crippen molar-refractivity contribution >= 4 is 23.6 Å². The lowest BCUT2D eigenvalue weighted by Gasteiger charge is -2.21. The second kappa shape index (κ2) is 26.2. The molecule has 0 fully saturated rings. The number of amides is 3. The van der Waals surface area contributed by atoms with Crippen LogP contribution in [-0.2, 0) is 20.9 Å². The molecule has 0 atom stereocenters. The predicted molar refractivity (Wildman–Crippen MR) is 195 cm³/mol. The molecule has 3 amide bonds. The molecular formula is C39H69N3O5. The molecule has 0 aliphatic rings. The Morgan fingerprint density at radius 3 is 1.89 bits per heavy atom. The Labute approximate surface area is 287 Å². The Hall–Kier alpha value is -2.77. The minimum absolute atomic E-state index is 0.0251. The largest absolute Gasteiger partial charge is 0.493 e. The lowest BCUT2D eigenvalue weighted by molar-refractivity contribution is -0.130. The highest BCUT2D eigenvalue weighted by Gasteiger charge is 2.16. The van der Waals surface area contributed by atoms with Gasteiger partial charge in [-0.3, -0.25) is 9.59 Å². The third kappa shape index (κ3) is 23.2. The molecule has 0 saturated carbocycles. The number of hydrogen-bond acceptors (Lipinski definition) is 5. The number of nitrogens with one attached hydrogen (secondary N) is 2. The third-order valence-corrected chi connectivity index (χ3v) is 8.18. The highest BCUT2D eigenvalue weighted by Crippen LogP contribution is 2.26. The fraction of sp³-hybridized carbons (Fsp3) is 0.769. The molecular weight excluding hydrogens is 590 g/mol. The van der Waals surface area contributed by atoms with Gasteiger partial charge in [-0.1, -0.05) is 104 Å². The lowest BCUT2D eigenvalue weighted by Crippen LogP contribution is -2.33. The molecule has 1 rings (SSSR count). The zero-order valence-corrected chi connectivity index (χ0v) is 31.0. The zero-order chi connectivity index (χ0) is 34.8. The minimum atomic E-state index is -0.516. The number of rotatable bonds is 27. The van der Waals surface area contributed by atoms with Gasteiger partial charge in [-0.05, 0) is 64.7 Å². The van der Waals surface area contributed by atoms with Gasteiger partial charge in [0.25, 0.3) is 0 Å². The van der Waals surface area contributed by atoms with Crippen molar-refractivity contribution in [3.63, 3.8) is 0 Å². The van der Waals surface area contributed by atoms with Gasteiger partial charge < -0.3 is 25.0 Å². The molecule has 2 N–H and O–H groups in total. The second-order valence-electron chi connectivity index (χ2n) is 14.1. The van der Waals surface area contributed by atoms with Gasteiger partial charge >= 0.3 is 6.09 Å². The summed E-state index contributed by atoms with van der Waals surface area (Å²) in [5, 5.41) is 5.82. The van der Waals surface area contributed by atoms with Crippen molar-refractivity contribution in [3.8, 4) is 5.75 Å². The van der Waals surface area contributed by atoms with E-state index in [9.17, 15) is 14.4 Å². The zero-order valence-electron chi connectivity index (χ0n) is 31.0. The standard InChI is InChI=1S/C39H69N3O5/c1-7-9-11-13-14-15-16-17-19-24-30-46-35-28-27-34(41-36(43)25-21-18-12-10-8-2)31-33(35)32-42(6)37(44)26-22-20-23-29-40-38(45)47-39(3,4)5/h27-28,31H,7-26,29-30,32H2,1-6H3,(H,40,45)(H,41,43). The normalized spacial score (nSPS) is 11.3. The number of anilines is 1. The Morgan fingerprint density at radius 2 is 1.28 bits per heavy atom. The van der Waals surface area contributed by atoms with Crippen molar-refractivity contribution in [2.24, 2.45) is 0 Å². The van der Waals surface area contributed by atoms with Gasteiger partial charge in [0.05, 0.1) is 6.61 Å². The number of alkyl carbamates (subject to hydrolysis) is 1. The first-order chi connectivity index (χ1) is 22.6. The van der Waals surface area contributed by atoms with E-state index in [0.29, 0.717) is 32.5 Å². The van der Waals surface area contributed by atoms with Crippen LogP contribution < -0.4 is 15.4 Å². The van der Waals surface area contributed by atoms with E-state index in [1.807, 2.05) is 46.0 Å². The maximum atomic E-state index is 13.0. The molecule has 0 saturated heterocycles. The van der Waals surface area contributed by atoms with E-state index in [4.69, 9.17) is 9.47 Å². The number of carbonyl (C=O) groups is 3. The first kappa shape index (κ1) is 42.3. The fourth-order valence-corrected chi connectivity index (χ4v) is 5.42. The van der Waals surface area contributed by atoms with Gasteiger partial charge in [-0.2, -0.15) is 0 Å². The van der Waals surface area contributed by atoms with E-state index in [-0.39, 0.29) is 11.8 Å². The summed E-state index contributed by atoms with van der Waals surface area (Å²) in [7, 11) is 1.82. The summed E-state index contributed by atoms with van der Waals surface area (Å²) in [5.41, 5.74) is 1.12. The topological polar surface area (TPSA) is 97.0 Å². The van der Waals surface area contributed by atoms with Crippen molar-refractivity contribution in [1.82, 2.24) is 10.2 Å². The molecule has 8 heteroatoms. The molecule has 1 aromatic carbocycles. The van der Waals surface area contributed by atoms with E-state index >= 15 is 0 Å². The molecule has 0 heterocycles. The van der Waals surface area contributed by atoms with Gasteiger partial charge in [-0.25, -0.2) is 4.79 Å². The molecule has 8 nitrogen and oxygen atoms in total. The smallest absolute Gasteiger partial charge is 0.407 e. The molecule has 0 bridgehead atoms. The molecule has 0 spiro atoms. The minimum Gasteiger partial charge on any atom is -0.493 e. The van der Waals surface area contributed by atoms with E-state index in [1.54, 1.807) is 4.90 Å².